The van der Waals surface area contributed by atoms with Crippen LogP contribution in [0.4, 0.5) is 0 Å². The number of allylic oxidation sites excluding steroid dienone is 2. The fourth-order valence-electron chi connectivity index (χ4n) is 2.35. The van der Waals surface area contributed by atoms with Crippen molar-refractivity contribution in [2.45, 2.75) is 84.5 Å². The average Bonchev–Trinajstić information content (AvgIpc) is 2.39. The standard InChI is InChI=1S/C17H33NO/c1-3-5-6-7-8-9-10-11-12-13-15-16(14-4-2)17(18)19/h11-12,16H,3-10,13-15H2,1-2H3,(H2,18,19). The molecule has 0 radical (unpaired) electrons. The van der Waals surface area contributed by atoms with Gasteiger partial charge in [0.2, 0.25) is 5.91 Å². The van der Waals surface area contributed by atoms with Crippen LogP contribution in [0.25, 0.3) is 0 Å². The lowest BCUT2D eigenvalue weighted by Gasteiger charge is -2.09. The zero-order valence-electron chi connectivity index (χ0n) is 13.0. The Balaban J connectivity index is 3.44. The van der Waals surface area contributed by atoms with Gasteiger partial charge in [-0.3, -0.25) is 4.79 Å². The summed E-state index contributed by atoms with van der Waals surface area (Å²) in [4.78, 5) is 11.2. The van der Waals surface area contributed by atoms with Gasteiger partial charge in [0, 0.05) is 5.92 Å². The van der Waals surface area contributed by atoms with Crippen molar-refractivity contribution < 1.29 is 4.79 Å². The summed E-state index contributed by atoms with van der Waals surface area (Å²) in [6.45, 7) is 4.35. The van der Waals surface area contributed by atoms with Gasteiger partial charge >= 0.3 is 0 Å². The summed E-state index contributed by atoms with van der Waals surface area (Å²) in [6, 6.07) is 0. The minimum Gasteiger partial charge on any atom is -0.369 e. The van der Waals surface area contributed by atoms with Crippen LogP contribution in [0.3, 0.4) is 0 Å². The number of carbonyl (C=O) groups is 1. The third-order valence-electron chi connectivity index (χ3n) is 3.61. The molecule has 1 unspecified atom stereocenters. The molecule has 0 fully saturated rings. The van der Waals surface area contributed by atoms with Crippen LogP contribution >= 0.6 is 0 Å². The maximum absolute atomic E-state index is 11.2. The van der Waals surface area contributed by atoms with Gasteiger partial charge in [0.1, 0.15) is 0 Å². The summed E-state index contributed by atoms with van der Waals surface area (Å²) in [5.74, 6) is -0.0603. The maximum Gasteiger partial charge on any atom is 0.220 e. The molecule has 0 aromatic carbocycles. The molecule has 0 aliphatic carbocycles. The Morgan fingerprint density at radius 3 is 2.16 bits per heavy atom. The molecule has 0 saturated heterocycles. The van der Waals surface area contributed by atoms with Crippen molar-refractivity contribution >= 4 is 5.91 Å². The van der Waals surface area contributed by atoms with Crippen molar-refractivity contribution in [1.29, 1.82) is 0 Å². The van der Waals surface area contributed by atoms with E-state index in [9.17, 15) is 4.79 Å². The van der Waals surface area contributed by atoms with Gasteiger partial charge in [-0.2, -0.15) is 0 Å². The van der Waals surface area contributed by atoms with Gasteiger partial charge in [-0.15, -0.1) is 0 Å². The van der Waals surface area contributed by atoms with E-state index in [2.05, 4.69) is 26.0 Å². The van der Waals surface area contributed by atoms with E-state index in [0.29, 0.717) is 0 Å². The Morgan fingerprint density at radius 1 is 0.895 bits per heavy atom. The Morgan fingerprint density at radius 2 is 1.53 bits per heavy atom. The smallest absolute Gasteiger partial charge is 0.220 e. The highest BCUT2D eigenvalue weighted by Crippen LogP contribution is 2.14. The summed E-state index contributed by atoms with van der Waals surface area (Å²) in [5, 5.41) is 0. The van der Waals surface area contributed by atoms with E-state index < -0.39 is 0 Å². The van der Waals surface area contributed by atoms with Crippen LogP contribution < -0.4 is 5.73 Å². The van der Waals surface area contributed by atoms with Crippen molar-refractivity contribution in [2.75, 3.05) is 0 Å². The Bertz CT molecular complexity index is 235. The molecule has 0 rings (SSSR count). The lowest BCUT2D eigenvalue weighted by Crippen LogP contribution is -2.22. The first-order valence-corrected chi connectivity index (χ1v) is 8.16. The van der Waals surface area contributed by atoms with Crippen LogP contribution in [0.2, 0.25) is 0 Å². The van der Waals surface area contributed by atoms with Crippen LogP contribution in [0.5, 0.6) is 0 Å². The lowest BCUT2D eigenvalue weighted by molar-refractivity contribution is -0.122. The van der Waals surface area contributed by atoms with E-state index in [4.69, 9.17) is 5.73 Å². The lowest BCUT2D eigenvalue weighted by atomic mass is 9.97. The Hall–Kier alpha value is -0.790. The molecule has 2 N–H and O–H groups in total. The molecule has 0 aliphatic heterocycles. The zero-order valence-corrected chi connectivity index (χ0v) is 13.0. The molecule has 2 nitrogen and oxygen atoms in total. The predicted octanol–water partition coefficient (Wildman–Crippen LogP) is 4.98. The monoisotopic (exact) mass is 267 g/mol. The molecular weight excluding hydrogens is 234 g/mol. The quantitative estimate of drug-likeness (QED) is 0.371. The SMILES string of the molecule is CCCCCCCCC=CCCC(CCC)C(N)=O. The van der Waals surface area contributed by atoms with Crippen molar-refractivity contribution in [3.63, 3.8) is 0 Å². The summed E-state index contributed by atoms with van der Waals surface area (Å²) in [5.41, 5.74) is 5.38. The molecule has 0 bridgehead atoms. The zero-order chi connectivity index (χ0) is 14.3. The number of amides is 1. The van der Waals surface area contributed by atoms with E-state index >= 15 is 0 Å². The van der Waals surface area contributed by atoms with E-state index in [1.807, 2.05) is 0 Å². The summed E-state index contributed by atoms with van der Waals surface area (Å²) in [7, 11) is 0. The first-order chi connectivity index (χ1) is 9.22. The predicted molar refractivity (Wildman–Crippen MR) is 84.0 cm³/mol. The molecule has 0 heterocycles. The van der Waals surface area contributed by atoms with Crippen molar-refractivity contribution in [3.8, 4) is 0 Å². The molecule has 0 aromatic rings. The maximum atomic E-state index is 11.2. The molecule has 2 heteroatoms. The normalized spacial score (nSPS) is 12.9. The van der Waals surface area contributed by atoms with Crippen LogP contribution in [0.15, 0.2) is 12.2 Å². The van der Waals surface area contributed by atoms with Gasteiger partial charge in [0.05, 0.1) is 0 Å². The van der Waals surface area contributed by atoms with Crippen LogP contribution in [0.1, 0.15) is 84.5 Å². The topological polar surface area (TPSA) is 43.1 Å². The largest absolute Gasteiger partial charge is 0.369 e. The number of carbonyl (C=O) groups excluding carboxylic acids is 1. The van der Waals surface area contributed by atoms with E-state index in [1.54, 1.807) is 0 Å². The fraction of sp³-hybridized carbons (Fsp3) is 0.824. The van der Waals surface area contributed by atoms with Gasteiger partial charge in [0.25, 0.3) is 0 Å². The van der Waals surface area contributed by atoms with E-state index in [-0.39, 0.29) is 11.8 Å². The van der Waals surface area contributed by atoms with Gasteiger partial charge in [0.15, 0.2) is 0 Å². The Labute approximate surface area is 119 Å². The number of hydrogen-bond acceptors (Lipinski definition) is 1. The molecule has 0 aromatic heterocycles. The second kappa shape index (κ2) is 13.6. The summed E-state index contributed by atoms with van der Waals surface area (Å²) >= 11 is 0. The molecule has 0 saturated carbocycles. The van der Waals surface area contributed by atoms with Crippen LogP contribution in [-0.4, -0.2) is 5.91 Å². The summed E-state index contributed by atoms with van der Waals surface area (Å²) in [6.07, 6.45) is 17.6. The number of rotatable bonds is 13. The second-order valence-electron chi connectivity index (χ2n) is 5.49. The number of hydrogen-bond donors (Lipinski definition) is 1. The highest BCUT2D eigenvalue weighted by Gasteiger charge is 2.12. The number of unbranched alkanes of at least 4 members (excludes halogenated alkanes) is 6. The molecule has 19 heavy (non-hydrogen) atoms. The molecule has 0 spiro atoms. The van der Waals surface area contributed by atoms with E-state index in [0.717, 1.165) is 25.7 Å². The van der Waals surface area contributed by atoms with Crippen LogP contribution in [0, 0.1) is 5.92 Å². The minimum atomic E-state index is -0.133. The summed E-state index contributed by atoms with van der Waals surface area (Å²) < 4.78 is 0. The molecular formula is C17H33NO. The van der Waals surface area contributed by atoms with Crippen LogP contribution in [-0.2, 0) is 4.79 Å². The highest BCUT2D eigenvalue weighted by atomic mass is 16.1. The van der Waals surface area contributed by atoms with Gasteiger partial charge in [-0.05, 0) is 32.1 Å². The van der Waals surface area contributed by atoms with Gasteiger partial charge in [-0.25, -0.2) is 0 Å². The van der Waals surface area contributed by atoms with Crippen molar-refractivity contribution in [3.05, 3.63) is 12.2 Å². The first-order valence-electron chi connectivity index (χ1n) is 8.16. The van der Waals surface area contributed by atoms with Gasteiger partial charge in [-0.1, -0.05) is 64.5 Å². The third kappa shape index (κ3) is 12.0. The van der Waals surface area contributed by atoms with Crippen molar-refractivity contribution in [1.82, 2.24) is 0 Å². The number of nitrogens with two attached hydrogens (primary N) is 1. The molecule has 1 atom stereocenters. The minimum absolute atomic E-state index is 0.0729. The number of primary amides is 1. The second-order valence-corrected chi connectivity index (χ2v) is 5.49. The van der Waals surface area contributed by atoms with Gasteiger partial charge < -0.3 is 5.73 Å². The first kappa shape index (κ1) is 18.2. The fourth-order valence-corrected chi connectivity index (χ4v) is 2.35. The van der Waals surface area contributed by atoms with Crippen molar-refractivity contribution in [2.24, 2.45) is 11.7 Å². The third-order valence-corrected chi connectivity index (χ3v) is 3.61. The molecule has 112 valence electrons. The highest BCUT2D eigenvalue weighted by molar-refractivity contribution is 5.76. The molecule has 1 amide bonds. The van der Waals surface area contributed by atoms with E-state index in [1.165, 1.54) is 44.9 Å². The molecule has 0 aliphatic rings. The Kier molecular flexibility index (Phi) is 13.1. The average molecular weight is 267 g/mol.